The van der Waals surface area contributed by atoms with Gasteiger partial charge in [-0.15, -0.1) is 0 Å². The molecule has 0 aliphatic carbocycles. The van der Waals surface area contributed by atoms with Crippen LogP contribution in [0.15, 0.2) is 71.7 Å². The lowest BCUT2D eigenvalue weighted by molar-refractivity contribution is 0.313. The monoisotopic (exact) mass is 404 g/mol. The Balaban J connectivity index is 1.77. The minimum Gasteiger partial charge on any atom is -0.504 e. The Labute approximate surface area is 176 Å². The molecule has 1 heterocycles. The Bertz CT molecular complexity index is 1060. The zero-order valence-electron chi connectivity index (χ0n) is 17.1. The van der Waals surface area contributed by atoms with Crippen molar-refractivity contribution in [2.24, 2.45) is 4.99 Å². The molecule has 0 bridgehead atoms. The summed E-state index contributed by atoms with van der Waals surface area (Å²) in [6.45, 7) is 4.38. The number of hydrogen-bond donors (Lipinski definition) is 2. The zero-order chi connectivity index (χ0) is 21.1. The van der Waals surface area contributed by atoms with Crippen molar-refractivity contribution in [2.45, 2.75) is 32.5 Å². The van der Waals surface area contributed by atoms with Crippen molar-refractivity contribution >= 4 is 5.71 Å². The molecule has 0 aromatic heterocycles. The first kappa shape index (κ1) is 20.1. The van der Waals surface area contributed by atoms with Crippen molar-refractivity contribution in [1.82, 2.24) is 5.32 Å². The molecule has 4 nitrogen and oxygen atoms in total. The Hall–Kier alpha value is -3.18. The fourth-order valence-electron chi connectivity index (χ4n) is 3.78. The number of rotatable bonds is 5. The average molecular weight is 404 g/mol. The van der Waals surface area contributed by atoms with E-state index in [4.69, 9.17) is 9.73 Å². The molecule has 1 aliphatic rings. The Morgan fingerprint density at radius 2 is 1.77 bits per heavy atom. The highest BCUT2D eigenvalue weighted by Crippen LogP contribution is 2.39. The molecule has 30 heavy (non-hydrogen) atoms. The first-order valence-corrected chi connectivity index (χ1v) is 10.2. The summed E-state index contributed by atoms with van der Waals surface area (Å²) in [5, 5.41) is 14.2. The van der Waals surface area contributed by atoms with Gasteiger partial charge in [0.15, 0.2) is 11.5 Å². The highest BCUT2D eigenvalue weighted by Gasteiger charge is 2.29. The number of benzene rings is 3. The normalized spacial score (nSPS) is 18.7. The molecule has 154 valence electrons. The number of phenols is 1. The number of aryl methyl sites for hydroxylation is 1. The van der Waals surface area contributed by atoms with E-state index >= 15 is 0 Å². The maximum absolute atomic E-state index is 14.6. The van der Waals surface area contributed by atoms with Gasteiger partial charge in [0.1, 0.15) is 12.0 Å². The van der Waals surface area contributed by atoms with Gasteiger partial charge in [-0.05, 0) is 31.5 Å². The molecular weight excluding hydrogens is 379 g/mol. The quantitative estimate of drug-likeness (QED) is 0.594. The minimum atomic E-state index is -0.559. The van der Waals surface area contributed by atoms with E-state index in [1.54, 1.807) is 24.3 Å². The van der Waals surface area contributed by atoms with E-state index in [0.717, 1.165) is 16.8 Å². The van der Waals surface area contributed by atoms with E-state index in [-0.39, 0.29) is 17.6 Å². The number of halogens is 1. The SMILES string of the molecule is CCOc1cccc([C@@H]2CC(c3ccc(C)cc3)=N[C@@H](c3ccccc3F)N2)c1O. The maximum Gasteiger partial charge on any atom is 0.162 e. The first-order chi connectivity index (χ1) is 14.6. The molecule has 5 heteroatoms. The molecular formula is C25H25FN2O2. The van der Waals surface area contributed by atoms with Crippen molar-refractivity contribution in [3.8, 4) is 11.5 Å². The number of ether oxygens (including phenoxy) is 1. The highest BCUT2D eigenvalue weighted by atomic mass is 19.1. The number of para-hydroxylation sites is 1. The summed E-state index contributed by atoms with van der Waals surface area (Å²) in [5.74, 6) is 0.239. The lowest BCUT2D eigenvalue weighted by Gasteiger charge is -2.31. The molecule has 0 fully saturated rings. The smallest absolute Gasteiger partial charge is 0.162 e. The van der Waals surface area contributed by atoms with Crippen molar-refractivity contribution in [3.63, 3.8) is 0 Å². The largest absolute Gasteiger partial charge is 0.504 e. The number of hydrogen-bond acceptors (Lipinski definition) is 4. The van der Waals surface area contributed by atoms with E-state index in [9.17, 15) is 9.50 Å². The van der Waals surface area contributed by atoms with Crippen LogP contribution in [0.3, 0.4) is 0 Å². The summed E-state index contributed by atoms with van der Waals surface area (Å²) in [6.07, 6.45) is 0.00773. The number of phenolic OH excluding ortho intramolecular Hbond substituents is 1. The van der Waals surface area contributed by atoms with E-state index in [1.165, 1.54) is 6.07 Å². The summed E-state index contributed by atoms with van der Waals surface area (Å²) < 4.78 is 20.1. The minimum absolute atomic E-state index is 0.106. The van der Waals surface area contributed by atoms with Gasteiger partial charge in [0.2, 0.25) is 0 Å². The van der Waals surface area contributed by atoms with Crippen LogP contribution >= 0.6 is 0 Å². The van der Waals surface area contributed by atoms with E-state index in [1.807, 2.05) is 50.2 Å². The second kappa shape index (κ2) is 8.67. The molecule has 1 aliphatic heterocycles. The molecule has 2 N–H and O–H groups in total. The molecule has 0 saturated heterocycles. The van der Waals surface area contributed by atoms with Gasteiger partial charge < -0.3 is 9.84 Å². The number of aromatic hydroxyl groups is 1. The predicted octanol–water partition coefficient (Wildman–Crippen LogP) is 5.46. The van der Waals surface area contributed by atoms with Crippen LogP contribution in [0.2, 0.25) is 0 Å². The second-order valence-corrected chi connectivity index (χ2v) is 7.42. The molecule has 0 spiro atoms. The van der Waals surface area contributed by atoms with Crippen molar-refractivity contribution in [2.75, 3.05) is 6.61 Å². The summed E-state index contributed by atoms with van der Waals surface area (Å²) in [5.41, 5.74) is 4.22. The lowest BCUT2D eigenvalue weighted by Crippen LogP contribution is -2.33. The van der Waals surface area contributed by atoms with Crippen LogP contribution in [0.1, 0.15) is 47.8 Å². The standard InChI is InChI=1S/C25H25FN2O2/c1-3-30-23-10-6-8-19(24(23)29)22-15-21(17-13-11-16(2)12-14-17)27-25(28-22)18-7-4-5-9-20(18)26/h4-14,22,25,28-29H,3,15H2,1-2H3/t22-,25+/m0/s1. The third-order valence-electron chi connectivity index (χ3n) is 5.33. The molecule has 2 atom stereocenters. The molecule has 0 unspecified atom stereocenters. The van der Waals surface area contributed by atoms with Gasteiger partial charge in [0.25, 0.3) is 0 Å². The summed E-state index contributed by atoms with van der Waals surface area (Å²) >= 11 is 0. The Kier molecular flexibility index (Phi) is 5.81. The van der Waals surface area contributed by atoms with Crippen LogP contribution in [0.4, 0.5) is 4.39 Å². The number of nitrogens with zero attached hydrogens (tertiary/aromatic N) is 1. The van der Waals surface area contributed by atoms with Gasteiger partial charge >= 0.3 is 0 Å². The van der Waals surface area contributed by atoms with Crippen LogP contribution in [0, 0.1) is 12.7 Å². The van der Waals surface area contributed by atoms with Crippen LogP contribution in [-0.4, -0.2) is 17.4 Å². The summed E-state index contributed by atoms with van der Waals surface area (Å²) in [6, 6.07) is 20.0. The average Bonchev–Trinajstić information content (AvgIpc) is 2.76. The molecule has 0 saturated carbocycles. The maximum atomic E-state index is 14.6. The van der Waals surface area contributed by atoms with E-state index < -0.39 is 6.17 Å². The van der Waals surface area contributed by atoms with Gasteiger partial charge in [0.05, 0.1) is 6.61 Å². The number of nitrogens with one attached hydrogen (secondary N) is 1. The fourth-order valence-corrected chi connectivity index (χ4v) is 3.78. The lowest BCUT2D eigenvalue weighted by atomic mass is 9.93. The molecule has 4 rings (SSSR count). The summed E-state index contributed by atoms with van der Waals surface area (Å²) in [4.78, 5) is 4.83. The second-order valence-electron chi connectivity index (χ2n) is 7.42. The first-order valence-electron chi connectivity index (χ1n) is 10.2. The van der Waals surface area contributed by atoms with Crippen molar-refractivity contribution in [1.29, 1.82) is 0 Å². The third-order valence-corrected chi connectivity index (χ3v) is 5.33. The van der Waals surface area contributed by atoms with Crippen molar-refractivity contribution < 1.29 is 14.2 Å². The van der Waals surface area contributed by atoms with Crippen LogP contribution in [0.25, 0.3) is 0 Å². The highest BCUT2D eigenvalue weighted by molar-refractivity contribution is 6.01. The molecule has 0 amide bonds. The van der Waals surface area contributed by atoms with Crippen LogP contribution < -0.4 is 10.1 Å². The van der Waals surface area contributed by atoms with Crippen LogP contribution in [-0.2, 0) is 0 Å². The number of aliphatic imine (C=N–C) groups is 1. The Morgan fingerprint density at radius 1 is 1.03 bits per heavy atom. The molecule has 0 radical (unpaired) electrons. The van der Waals surface area contributed by atoms with Gasteiger partial charge in [-0.2, -0.15) is 0 Å². The van der Waals surface area contributed by atoms with E-state index in [2.05, 4.69) is 5.32 Å². The van der Waals surface area contributed by atoms with Crippen molar-refractivity contribution in [3.05, 3.63) is 94.8 Å². The molecule has 3 aromatic carbocycles. The Morgan fingerprint density at radius 3 is 2.50 bits per heavy atom. The van der Waals surface area contributed by atoms with Crippen LogP contribution in [0.5, 0.6) is 11.5 Å². The third kappa shape index (κ3) is 4.07. The zero-order valence-corrected chi connectivity index (χ0v) is 17.1. The topological polar surface area (TPSA) is 53.8 Å². The van der Waals surface area contributed by atoms with E-state index in [0.29, 0.717) is 29.9 Å². The van der Waals surface area contributed by atoms with Gasteiger partial charge in [-0.1, -0.05) is 60.2 Å². The molecule has 3 aromatic rings. The van der Waals surface area contributed by atoms with Gasteiger partial charge in [0, 0.05) is 29.3 Å². The van der Waals surface area contributed by atoms with Gasteiger partial charge in [-0.25, -0.2) is 4.39 Å². The predicted molar refractivity (Wildman–Crippen MR) is 117 cm³/mol. The fraction of sp³-hybridized carbons (Fsp3) is 0.240. The van der Waals surface area contributed by atoms with Gasteiger partial charge in [-0.3, -0.25) is 10.3 Å². The summed E-state index contributed by atoms with van der Waals surface area (Å²) in [7, 11) is 0.